The van der Waals surface area contributed by atoms with Crippen LogP contribution in [0.4, 0.5) is 0 Å². The lowest BCUT2D eigenvalue weighted by Crippen LogP contribution is -2.00. The molecule has 1 aliphatic carbocycles. The minimum Gasteiger partial charge on any atom is -0.481 e. The van der Waals surface area contributed by atoms with Gasteiger partial charge in [-0.2, -0.15) is 0 Å². The molecular weight excluding hydrogens is 248 g/mol. The summed E-state index contributed by atoms with van der Waals surface area (Å²) in [6.07, 6.45) is 14.9. The van der Waals surface area contributed by atoms with E-state index in [1.807, 2.05) is 0 Å². The molecule has 20 heavy (non-hydrogen) atoms. The zero-order valence-corrected chi connectivity index (χ0v) is 14.0. The van der Waals surface area contributed by atoms with Crippen LogP contribution in [0.25, 0.3) is 0 Å². The highest BCUT2D eigenvalue weighted by atomic mass is 16.4. The van der Waals surface area contributed by atoms with Gasteiger partial charge >= 0.3 is 5.97 Å². The van der Waals surface area contributed by atoms with E-state index in [1.165, 1.54) is 64.2 Å². The Morgan fingerprint density at radius 1 is 1.05 bits per heavy atom. The number of unbranched alkanes of at least 4 members (excludes halogenated alkanes) is 4. The number of carbonyl (C=O) groups is 1. The summed E-state index contributed by atoms with van der Waals surface area (Å²) in [5.41, 5.74) is 0. The van der Waals surface area contributed by atoms with E-state index >= 15 is 0 Å². The van der Waals surface area contributed by atoms with Crippen molar-refractivity contribution in [2.45, 2.75) is 97.8 Å². The monoisotopic (exact) mass is 284 g/mol. The summed E-state index contributed by atoms with van der Waals surface area (Å²) < 4.78 is 0. The lowest BCUT2D eigenvalue weighted by Gasteiger charge is -2.08. The lowest BCUT2D eigenvalue weighted by atomic mass is 9.98. The van der Waals surface area contributed by atoms with Gasteiger partial charge in [-0.3, -0.25) is 4.79 Å². The lowest BCUT2D eigenvalue weighted by molar-refractivity contribution is -0.137. The van der Waals surface area contributed by atoms with Gasteiger partial charge in [-0.25, -0.2) is 0 Å². The van der Waals surface area contributed by atoms with Gasteiger partial charge in [0, 0.05) is 6.42 Å². The van der Waals surface area contributed by atoms with E-state index in [4.69, 9.17) is 5.11 Å². The third-order valence-corrected chi connectivity index (χ3v) is 4.06. The predicted octanol–water partition coefficient (Wildman–Crippen LogP) is 6.04. The van der Waals surface area contributed by atoms with Gasteiger partial charge in [0.15, 0.2) is 0 Å². The van der Waals surface area contributed by atoms with Gasteiger partial charge in [0.1, 0.15) is 0 Å². The maximum absolute atomic E-state index is 10.3. The molecule has 1 rings (SSSR count). The van der Waals surface area contributed by atoms with Crippen LogP contribution in [0.1, 0.15) is 97.8 Å². The van der Waals surface area contributed by atoms with E-state index in [0.29, 0.717) is 12.3 Å². The largest absolute Gasteiger partial charge is 0.481 e. The Morgan fingerprint density at radius 2 is 1.70 bits per heavy atom. The van der Waals surface area contributed by atoms with Crippen molar-refractivity contribution in [2.75, 3.05) is 0 Å². The summed E-state index contributed by atoms with van der Waals surface area (Å²) in [6.45, 7) is 6.62. The quantitative estimate of drug-likeness (QED) is 0.469. The van der Waals surface area contributed by atoms with Crippen molar-refractivity contribution >= 4 is 5.97 Å². The predicted molar refractivity (Wildman–Crippen MR) is 87.0 cm³/mol. The number of hydrogen-bond donors (Lipinski definition) is 1. The second-order valence-electron chi connectivity index (χ2n) is 6.47. The van der Waals surface area contributed by atoms with Crippen LogP contribution in [0, 0.1) is 11.8 Å². The van der Waals surface area contributed by atoms with Crippen molar-refractivity contribution < 1.29 is 9.90 Å². The third-order valence-electron chi connectivity index (χ3n) is 4.06. The first-order valence-corrected chi connectivity index (χ1v) is 8.81. The Morgan fingerprint density at radius 3 is 2.20 bits per heavy atom. The summed E-state index contributed by atoms with van der Waals surface area (Å²) in [6, 6.07) is 0. The molecule has 1 N–H and O–H groups in total. The highest BCUT2D eigenvalue weighted by Gasteiger charge is 2.19. The van der Waals surface area contributed by atoms with Crippen molar-refractivity contribution in [1.82, 2.24) is 0 Å². The van der Waals surface area contributed by atoms with E-state index < -0.39 is 5.97 Å². The molecule has 1 atom stereocenters. The molecule has 0 heterocycles. The van der Waals surface area contributed by atoms with Gasteiger partial charge in [-0.15, -0.1) is 0 Å². The first-order valence-electron chi connectivity index (χ1n) is 8.81. The summed E-state index contributed by atoms with van der Waals surface area (Å²) in [4.78, 5) is 10.3. The third kappa shape index (κ3) is 15.5. The molecule has 2 nitrogen and oxygen atoms in total. The highest BCUT2D eigenvalue weighted by Crippen LogP contribution is 2.33. The minimum atomic E-state index is -0.666. The van der Waals surface area contributed by atoms with Gasteiger partial charge in [0.05, 0.1) is 0 Å². The van der Waals surface area contributed by atoms with E-state index in [0.717, 1.165) is 12.3 Å². The average Bonchev–Trinajstić information content (AvgIpc) is 3.24. The fraction of sp³-hybridized carbons (Fsp3) is 0.944. The first kappa shape index (κ1) is 19.5. The first-order chi connectivity index (χ1) is 9.60. The fourth-order valence-corrected chi connectivity index (χ4v) is 2.33. The smallest absolute Gasteiger partial charge is 0.303 e. The van der Waals surface area contributed by atoms with Gasteiger partial charge in [0.2, 0.25) is 0 Å². The molecule has 0 aromatic heterocycles. The van der Waals surface area contributed by atoms with Crippen molar-refractivity contribution in [2.24, 2.45) is 11.8 Å². The summed E-state index contributed by atoms with van der Waals surface area (Å²) in [7, 11) is 0. The van der Waals surface area contributed by atoms with Crippen molar-refractivity contribution in [3.8, 4) is 0 Å². The van der Waals surface area contributed by atoms with Crippen LogP contribution in [0.3, 0.4) is 0 Å². The molecule has 0 aromatic carbocycles. The Hall–Kier alpha value is -0.530. The SMILES string of the molecule is CCCCC1CC1.CCCCCCC(C)CCC(=O)O. The number of rotatable bonds is 11. The number of carboxylic acids is 1. The second kappa shape index (κ2) is 13.5. The van der Waals surface area contributed by atoms with Gasteiger partial charge in [0.25, 0.3) is 0 Å². The fourth-order valence-electron chi connectivity index (χ4n) is 2.33. The van der Waals surface area contributed by atoms with Crippen LogP contribution in [-0.4, -0.2) is 11.1 Å². The normalized spacial score (nSPS) is 15.3. The van der Waals surface area contributed by atoms with Crippen LogP contribution in [0.5, 0.6) is 0 Å². The summed E-state index contributed by atoms with van der Waals surface area (Å²) in [5.74, 6) is 1.06. The Labute approximate surface area is 126 Å². The second-order valence-corrected chi connectivity index (χ2v) is 6.47. The van der Waals surface area contributed by atoms with E-state index in [-0.39, 0.29) is 0 Å². The molecule has 2 heteroatoms. The summed E-state index contributed by atoms with van der Waals surface area (Å²) >= 11 is 0. The maximum atomic E-state index is 10.3. The molecule has 0 aromatic rings. The molecule has 1 saturated carbocycles. The standard InChI is InChI=1S/C11H22O2.C7H14/c1-3-4-5-6-7-10(2)8-9-11(12)13;1-2-3-4-7-5-6-7/h10H,3-9H2,1-2H3,(H,12,13);7H,2-6H2,1H3. The molecule has 0 spiro atoms. The number of carboxylic acid groups (broad SMARTS) is 1. The molecule has 1 fully saturated rings. The van der Waals surface area contributed by atoms with Gasteiger partial charge in [-0.1, -0.05) is 85.0 Å². The molecule has 120 valence electrons. The van der Waals surface area contributed by atoms with E-state index in [9.17, 15) is 4.79 Å². The zero-order valence-electron chi connectivity index (χ0n) is 14.0. The van der Waals surface area contributed by atoms with E-state index in [2.05, 4.69) is 20.8 Å². The van der Waals surface area contributed by atoms with Crippen molar-refractivity contribution in [1.29, 1.82) is 0 Å². The van der Waals surface area contributed by atoms with Crippen LogP contribution >= 0.6 is 0 Å². The highest BCUT2D eigenvalue weighted by molar-refractivity contribution is 5.66. The zero-order chi connectivity index (χ0) is 15.2. The minimum absolute atomic E-state index is 0.328. The molecule has 0 bridgehead atoms. The average molecular weight is 284 g/mol. The molecule has 0 saturated heterocycles. The van der Waals surface area contributed by atoms with Crippen LogP contribution in [-0.2, 0) is 4.79 Å². The van der Waals surface area contributed by atoms with Crippen molar-refractivity contribution in [3.05, 3.63) is 0 Å². The molecule has 0 amide bonds. The Bertz CT molecular complexity index is 221. The topological polar surface area (TPSA) is 37.3 Å². The van der Waals surface area contributed by atoms with Crippen LogP contribution < -0.4 is 0 Å². The van der Waals surface area contributed by atoms with Gasteiger partial charge in [-0.05, 0) is 18.3 Å². The molecule has 0 radical (unpaired) electrons. The summed E-state index contributed by atoms with van der Waals surface area (Å²) in [5, 5.41) is 8.47. The van der Waals surface area contributed by atoms with Crippen LogP contribution in [0.15, 0.2) is 0 Å². The number of aliphatic carboxylic acids is 1. The molecule has 0 aliphatic heterocycles. The molecule has 1 aliphatic rings. The maximum Gasteiger partial charge on any atom is 0.303 e. The molecule has 1 unspecified atom stereocenters. The molecular formula is C18H36O2. The van der Waals surface area contributed by atoms with Crippen LogP contribution in [0.2, 0.25) is 0 Å². The van der Waals surface area contributed by atoms with Crippen molar-refractivity contribution in [3.63, 3.8) is 0 Å². The Kier molecular flexibility index (Phi) is 13.1. The number of hydrogen-bond acceptors (Lipinski definition) is 1. The van der Waals surface area contributed by atoms with E-state index in [1.54, 1.807) is 0 Å². The van der Waals surface area contributed by atoms with Gasteiger partial charge < -0.3 is 5.11 Å². The Balaban J connectivity index is 0.000000428.